The van der Waals surface area contributed by atoms with E-state index in [4.69, 9.17) is 0 Å². The number of hydrogen-bond donors (Lipinski definition) is 2. The maximum absolute atomic E-state index is 10.2. The van der Waals surface area contributed by atoms with Crippen LogP contribution in [-0.4, -0.2) is 73.4 Å². The quantitative estimate of drug-likeness (QED) is 0.745. The van der Waals surface area contributed by atoms with E-state index in [1.165, 1.54) is 32.4 Å². The molecule has 0 spiro atoms. The van der Waals surface area contributed by atoms with Gasteiger partial charge in [0, 0.05) is 39.3 Å². The van der Waals surface area contributed by atoms with Crippen molar-refractivity contribution in [1.29, 1.82) is 0 Å². The molecule has 4 heteroatoms. The number of piperidine rings is 1. The van der Waals surface area contributed by atoms with Gasteiger partial charge in [-0.2, -0.15) is 0 Å². The van der Waals surface area contributed by atoms with E-state index in [1.807, 2.05) is 0 Å². The number of nitrogens with one attached hydrogen (secondary N) is 1. The molecule has 0 saturated carbocycles. The van der Waals surface area contributed by atoms with Gasteiger partial charge in [0.05, 0.1) is 6.10 Å². The third kappa shape index (κ3) is 4.50. The molecule has 0 amide bonds. The van der Waals surface area contributed by atoms with Crippen LogP contribution in [0.1, 0.15) is 26.2 Å². The molecule has 106 valence electrons. The molecule has 4 nitrogen and oxygen atoms in total. The van der Waals surface area contributed by atoms with E-state index in [-0.39, 0.29) is 6.10 Å². The first-order chi connectivity index (χ1) is 8.78. The highest BCUT2D eigenvalue weighted by Gasteiger charge is 2.21. The van der Waals surface area contributed by atoms with E-state index in [1.54, 1.807) is 0 Å². The Hall–Kier alpha value is -0.160. The lowest BCUT2D eigenvalue weighted by molar-refractivity contribution is 0.0564. The Kier molecular flexibility index (Phi) is 5.89. The number of rotatable bonds is 5. The van der Waals surface area contributed by atoms with Gasteiger partial charge in [0.2, 0.25) is 0 Å². The minimum atomic E-state index is -0.179. The molecule has 2 N–H and O–H groups in total. The molecule has 18 heavy (non-hydrogen) atoms. The molecule has 0 aromatic carbocycles. The average molecular weight is 255 g/mol. The lowest BCUT2D eigenvalue weighted by Crippen LogP contribution is -2.49. The molecule has 0 radical (unpaired) electrons. The minimum Gasteiger partial charge on any atom is -0.390 e. The third-order valence-corrected chi connectivity index (χ3v) is 4.43. The summed E-state index contributed by atoms with van der Waals surface area (Å²) in [7, 11) is 0. The number of nitrogens with zero attached hydrogens (tertiary/aromatic N) is 2. The fourth-order valence-electron chi connectivity index (χ4n) is 3.12. The van der Waals surface area contributed by atoms with E-state index in [0.29, 0.717) is 0 Å². The zero-order chi connectivity index (χ0) is 12.8. The maximum atomic E-state index is 10.2. The Bertz CT molecular complexity index is 223. The molecule has 2 saturated heterocycles. The van der Waals surface area contributed by atoms with Crippen LogP contribution in [0.2, 0.25) is 0 Å². The summed E-state index contributed by atoms with van der Waals surface area (Å²) in [5.41, 5.74) is 0. The molecule has 2 rings (SSSR count). The van der Waals surface area contributed by atoms with Crippen LogP contribution in [0.3, 0.4) is 0 Å². The summed E-state index contributed by atoms with van der Waals surface area (Å²) in [6.07, 6.45) is 3.77. The summed E-state index contributed by atoms with van der Waals surface area (Å²) < 4.78 is 0. The van der Waals surface area contributed by atoms with Crippen LogP contribution in [0.15, 0.2) is 0 Å². The summed E-state index contributed by atoms with van der Waals surface area (Å²) in [4.78, 5) is 4.82. The second-order valence-corrected chi connectivity index (χ2v) is 5.86. The van der Waals surface area contributed by atoms with Crippen LogP contribution in [-0.2, 0) is 0 Å². The van der Waals surface area contributed by atoms with Crippen molar-refractivity contribution in [1.82, 2.24) is 15.1 Å². The van der Waals surface area contributed by atoms with E-state index in [2.05, 4.69) is 22.0 Å². The Morgan fingerprint density at radius 1 is 1.06 bits per heavy atom. The number of hydrogen-bond acceptors (Lipinski definition) is 4. The van der Waals surface area contributed by atoms with Gasteiger partial charge in [-0.15, -0.1) is 0 Å². The number of β-amino-alcohol motifs (C(OH)–C–C–N with tert-alkyl or cyclic N) is 1. The monoisotopic (exact) mass is 255 g/mol. The van der Waals surface area contributed by atoms with Gasteiger partial charge in [0.25, 0.3) is 0 Å². The van der Waals surface area contributed by atoms with Crippen molar-refractivity contribution in [2.75, 3.05) is 52.4 Å². The molecule has 0 bridgehead atoms. The number of aliphatic hydroxyl groups is 1. The molecule has 2 fully saturated rings. The van der Waals surface area contributed by atoms with Crippen LogP contribution in [0.5, 0.6) is 0 Å². The van der Waals surface area contributed by atoms with Crippen molar-refractivity contribution in [3.63, 3.8) is 0 Å². The van der Waals surface area contributed by atoms with Crippen LogP contribution >= 0.6 is 0 Å². The molecule has 2 aliphatic rings. The van der Waals surface area contributed by atoms with Crippen LogP contribution < -0.4 is 5.32 Å². The van der Waals surface area contributed by atoms with Crippen molar-refractivity contribution < 1.29 is 5.11 Å². The Labute approximate surface area is 111 Å². The number of aliphatic hydroxyl groups excluding tert-OH is 1. The molecule has 0 aliphatic carbocycles. The van der Waals surface area contributed by atoms with Gasteiger partial charge in [0.15, 0.2) is 0 Å². The Morgan fingerprint density at radius 3 is 2.17 bits per heavy atom. The van der Waals surface area contributed by atoms with Crippen molar-refractivity contribution in [2.24, 2.45) is 5.92 Å². The summed E-state index contributed by atoms with van der Waals surface area (Å²) in [5, 5.41) is 13.5. The molecular formula is C14H29N3O. The van der Waals surface area contributed by atoms with Crippen LogP contribution in [0, 0.1) is 5.92 Å². The second kappa shape index (κ2) is 7.43. The van der Waals surface area contributed by atoms with Crippen molar-refractivity contribution in [3.05, 3.63) is 0 Å². The van der Waals surface area contributed by atoms with Gasteiger partial charge in [-0.25, -0.2) is 0 Å². The van der Waals surface area contributed by atoms with Crippen molar-refractivity contribution in [2.45, 2.75) is 32.3 Å². The van der Waals surface area contributed by atoms with Gasteiger partial charge < -0.3 is 15.3 Å². The first kappa shape index (κ1) is 14.3. The predicted octanol–water partition coefficient (Wildman–Crippen LogP) is 0.375. The first-order valence-corrected chi connectivity index (χ1v) is 7.61. The molecule has 2 aliphatic heterocycles. The molecule has 1 atom stereocenters. The van der Waals surface area contributed by atoms with Gasteiger partial charge in [0.1, 0.15) is 0 Å². The van der Waals surface area contributed by atoms with Gasteiger partial charge in [-0.3, -0.25) is 4.90 Å². The highest BCUT2D eigenvalue weighted by molar-refractivity contribution is 4.76. The molecule has 0 aromatic rings. The summed E-state index contributed by atoms with van der Waals surface area (Å²) in [5.74, 6) is 0.923. The smallest absolute Gasteiger partial charge is 0.0793 e. The van der Waals surface area contributed by atoms with Gasteiger partial charge in [-0.1, -0.05) is 13.3 Å². The summed E-state index contributed by atoms with van der Waals surface area (Å²) >= 11 is 0. The topological polar surface area (TPSA) is 38.7 Å². The largest absolute Gasteiger partial charge is 0.390 e. The van der Waals surface area contributed by atoms with E-state index < -0.39 is 0 Å². The summed E-state index contributed by atoms with van der Waals surface area (Å²) in [6.45, 7) is 10.6. The maximum Gasteiger partial charge on any atom is 0.0793 e. The highest BCUT2D eigenvalue weighted by atomic mass is 16.3. The van der Waals surface area contributed by atoms with Crippen molar-refractivity contribution in [3.8, 4) is 0 Å². The SMILES string of the molecule is CCC1CCN(CC(O)CN2CCNCC2)CC1. The van der Waals surface area contributed by atoms with Gasteiger partial charge >= 0.3 is 0 Å². The van der Waals surface area contributed by atoms with E-state index in [9.17, 15) is 5.11 Å². The highest BCUT2D eigenvalue weighted by Crippen LogP contribution is 2.19. The Balaban J connectivity index is 1.63. The second-order valence-electron chi connectivity index (χ2n) is 5.86. The minimum absolute atomic E-state index is 0.179. The zero-order valence-corrected chi connectivity index (χ0v) is 11.8. The van der Waals surface area contributed by atoms with E-state index in [0.717, 1.165) is 45.2 Å². The first-order valence-electron chi connectivity index (χ1n) is 7.61. The van der Waals surface area contributed by atoms with Gasteiger partial charge in [-0.05, 0) is 31.8 Å². The standard InChI is InChI=1S/C14H29N3O/c1-2-13-3-7-16(8-4-13)11-14(18)12-17-9-5-15-6-10-17/h13-15,18H,2-12H2,1H3. The third-order valence-electron chi connectivity index (χ3n) is 4.43. The number of likely N-dealkylation sites (tertiary alicyclic amines) is 1. The van der Waals surface area contributed by atoms with E-state index >= 15 is 0 Å². The van der Waals surface area contributed by atoms with Crippen LogP contribution in [0.25, 0.3) is 0 Å². The Morgan fingerprint density at radius 2 is 1.61 bits per heavy atom. The fourth-order valence-corrected chi connectivity index (χ4v) is 3.12. The molecule has 1 unspecified atom stereocenters. The summed E-state index contributed by atoms with van der Waals surface area (Å²) in [6, 6.07) is 0. The lowest BCUT2D eigenvalue weighted by atomic mass is 9.94. The van der Waals surface area contributed by atoms with Crippen LogP contribution in [0.4, 0.5) is 0 Å². The normalized spacial score (nSPS) is 26.3. The average Bonchev–Trinajstić information content (AvgIpc) is 2.40. The molecule has 2 heterocycles. The molecular weight excluding hydrogens is 226 g/mol. The predicted molar refractivity (Wildman–Crippen MR) is 74.8 cm³/mol. The fraction of sp³-hybridized carbons (Fsp3) is 1.00. The molecule has 0 aromatic heterocycles. The number of piperazine rings is 1. The zero-order valence-electron chi connectivity index (χ0n) is 11.8. The van der Waals surface area contributed by atoms with Crippen molar-refractivity contribution >= 4 is 0 Å². The lowest BCUT2D eigenvalue weighted by Gasteiger charge is -2.34.